The summed E-state index contributed by atoms with van der Waals surface area (Å²) < 4.78 is 23.2. The van der Waals surface area contributed by atoms with Gasteiger partial charge in [0, 0.05) is 11.8 Å². The Morgan fingerprint density at radius 1 is 1.22 bits per heavy atom. The molecule has 0 aromatic heterocycles. The number of para-hydroxylation sites is 1. The highest BCUT2D eigenvalue weighted by molar-refractivity contribution is 7.90. The molecule has 1 aromatic carbocycles. The second kappa shape index (κ2) is 4.57. The summed E-state index contributed by atoms with van der Waals surface area (Å²) >= 11 is 0. The predicted octanol–water partition coefficient (Wildman–Crippen LogP) is 3.01. The van der Waals surface area contributed by atoms with Crippen LogP contribution in [0.15, 0.2) is 18.2 Å². The number of phenolic OH excluding ortho intramolecular Hbond substituents is 1. The summed E-state index contributed by atoms with van der Waals surface area (Å²) in [6, 6.07) is 5.44. The van der Waals surface area contributed by atoms with E-state index in [1.54, 1.807) is 13.0 Å². The van der Waals surface area contributed by atoms with Crippen LogP contribution in [0, 0.1) is 5.92 Å². The van der Waals surface area contributed by atoms with Crippen LogP contribution in [0.25, 0.3) is 0 Å². The zero-order valence-corrected chi connectivity index (χ0v) is 11.9. The van der Waals surface area contributed by atoms with Crippen molar-refractivity contribution < 1.29 is 13.5 Å². The molecule has 100 valence electrons. The van der Waals surface area contributed by atoms with E-state index in [1.807, 2.05) is 12.1 Å². The van der Waals surface area contributed by atoms with Gasteiger partial charge in [0.15, 0.2) is 9.84 Å². The molecule has 0 saturated heterocycles. The average Bonchev–Trinajstić information content (AvgIpc) is 3.10. The van der Waals surface area contributed by atoms with Gasteiger partial charge in [-0.1, -0.05) is 25.1 Å². The van der Waals surface area contributed by atoms with Crippen LogP contribution in [0.4, 0.5) is 0 Å². The molecule has 4 heteroatoms. The molecular formula is C14H20O3S. The molecule has 1 fully saturated rings. The van der Waals surface area contributed by atoms with Crippen molar-refractivity contribution in [3.8, 4) is 5.75 Å². The fraction of sp³-hybridized carbons (Fsp3) is 0.571. The SMILES string of the molecule is CC(c1cccc(C(C)S(C)(=O)=O)c1O)C1CC1. The Labute approximate surface area is 109 Å². The molecule has 2 atom stereocenters. The van der Waals surface area contributed by atoms with Crippen LogP contribution < -0.4 is 0 Å². The summed E-state index contributed by atoms with van der Waals surface area (Å²) in [5.41, 5.74) is 1.40. The van der Waals surface area contributed by atoms with Crippen molar-refractivity contribution in [3.63, 3.8) is 0 Å². The topological polar surface area (TPSA) is 54.4 Å². The van der Waals surface area contributed by atoms with E-state index in [9.17, 15) is 13.5 Å². The van der Waals surface area contributed by atoms with Gasteiger partial charge in [-0.2, -0.15) is 0 Å². The summed E-state index contributed by atoms with van der Waals surface area (Å²) in [6.45, 7) is 3.72. The normalized spacial score (nSPS) is 19.5. The molecule has 2 unspecified atom stereocenters. The maximum atomic E-state index is 11.6. The number of benzene rings is 1. The molecular weight excluding hydrogens is 248 g/mol. The van der Waals surface area contributed by atoms with Gasteiger partial charge in [-0.05, 0) is 37.2 Å². The van der Waals surface area contributed by atoms with Gasteiger partial charge in [0.25, 0.3) is 0 Å². The standard InChI is InChI=1S/C14H20O3S/c1-9(11-7-8-11)12-5-4-6-13(14(12)15)10(2)18(3,16)17/h4-6,9-11,15H,7-8H2,1-3H3. The Morgan fingerprint density at radius 3 is 2.28 bits per heavy atom. The molecule has 0 heterocycles. The van der Waals surface area contributed by atoms with Gasteiger partial charge in [-0.25, -0.2) is 8.42 Å². The van der Waals surface area contributed by atoms with Gasteiger partial charge in [0.05, 0.1) is 5.25 Å². The number of hydrogen-bond donors (Lipinski definition) is 1. The van der Waals surface area contributed by atoms with Crippen molar-refractivity contribution in [2.24, 2.45) is 5.92 Å². The fourth-order valence-corrected chi connectivity index (χ4v) is 3.01. The smallest absolute Gasteiger partial charge is 0.154 e. The van der Waals surface area contributed by atoms with Crippen LogP contribution in [0.5, 0.6) is 5.75 Å². The van der Waals surface area contributed by atoms with Crippen LogP contribution in [0.1, 0.15) is 49.0 Å². The molecule has 0 aliphatic heterocycles. The van der Waals surface area contributed by atoms with Crippen LogP contribution >= 0.6 is 0 Å². The van der Waals surface area contributed by atoms with Crippen molar-refractivity contribution >= 4 is 9.84 Å². The van der Waals surface area contributed by atoms with E-state index >= 15 is 0 Å². The Kier molecular flexibility index (Phi) is 3.41. The lowest BCUT2D eigenvalue weighted by Gasteiger charge is -2.18. The third kappa shape index (κ3) is 2.53. The lowest BCUT2D eigenvalue weighted by atomic mass is 9.93. The molecule has 1 aromatic rings. The predicted molar refractivity (Wildman–Crippen MR) is 72.5 cm³/mol. The van der Waals surface area contributed by atoms with E-state index in [0.717, 1.165) is 5.56 Å². The Morgan fingerprint density at radius 2 is 1.78 bits per heavy atom. The van der Waals surface area contributed by atoms with Crippen LogP contribution in [-0.4, -0.2) is 19.8 Å². The highest BCUT2D eigenvalue weighted by Crippen LogP contribution is 2.46. The van der Waals surface area contributed by atoms with Crippen LogP contribution in [-0.2, 0) is 9.84 Å². The van der Waals surface area contributed by atoms with Crippen LogP contribution in [0.3, 0.4) is 0 Å². The van der Waals surface area contributed by atoms with Gasteiger partial charge >= 0.3 is 0 Å². The lowest BCUT2D eigenvalue weighted by Crippen LogP contribution is -2.09. The van der Waals surface area contributed by atoms with Crippen LogP contribution in [0.2, 0.25) is 0 Å². The first kappa shape index (κ1) is 13.4. The monoisotopic (exact) mass is 268 g/mol. The number of hydrogen-bond acceptors (Lipinski definition) is 3. The van der Waals surface area contributed by atoms with E-state index in [2.05, 4.69) is 6.92 Å². The number of sulfone groups is 1. The lowest BCUT2D eigenvalue weighted by molar-refractivity contribution is 0.450. The molecule has 0 bridgehead atoms. The molecule has 1 N–H and O–H groups in total. The summed E-state index contributed by atoms with van der Waals surface area (Å²) in [5, 5.41) is 9.64. The van der Waals surface area contributed by atoms with E-state index in [-0.39, 0.29) is 5.75 Å². The van der Waals surface area contributed by atoms with Crippen molar-refractivity contribution in [2.45, 2.75) is 37.9 Å². The van der Waals surface area contributed by atoms with Crippen molar-refractivity contribution in [3.05, 3.63) is 29.3 Å². The molecule has 1 aliphatic rings. The van der Waals surface area contributed by atoms with Gasteiger partial charge in [-0.15, -0.1) is 0 Å². The summed E-state index contributed by atoms with van der Waals surface area (Å²) in [6.07, 6.45) is 3.60. The van der Waals surface area contributed by atoms with Gasteiger partial charge < -0.3 is 5.11 Å². The zero-order chi connectivity index (χ0) is 13.5. The quantitative estimate of drug-likeness (QED) is 0.913. The minimum absolute atomic E-state index is 0.162. The summed E-state index contributed by atoms with van der Waals surface area (Å²) in [7, 11) is -3.19. The number of rotatable bonds is 4. The first-order valence-corrected chi connectivity index (χ1v) is 8.28. The number of aromatic hydroxyl groups is 1. The van der Waals surface area contributed by atoms with E-state index in [4.69, 9.17) is 0 Å². The molecule has 0 amide bonds. The largest absolute Gasteiger partial charge is 0.507 e. The Bertz CT molecular complexity index is 544. The highest BCUT2D eigenvalue weighted by atomic mass is 32.2. The average molecular weight is 268 g/mol. The highest BCUT2D eigenvalue weighted by Gasteiger charge is 2.31. The second-order valence-corrected chi connectivity index (χ2v) is 7.75. The maximum Gasteiger partial charge on any atom is 0.154 e. The van der Waals surface area contributed by atoms with Gasteiger partial charge in [0.1, 0.15) is 5.75 Å². The first-order valence-electron chi connectivity index (χ1n) is 6.33. The minimum Gasteiger partial charge on any atom is -0.507 e. The van der Waals surface area contributed by atoms with E-state index in [1.165, 1.54) is 19.1 Å². The van der Waals surface area contributed by atoms with Crippen molar-refractivity contribution in [1.82, 2.24) is 0 Å². The van der Waals surface area contributed by atoms with Crippen molar-refractivity contribution in [2.75, 3.05) is 6.26 Å². The molecule has 18 heavy (non-hydrogen) atoms. The Balaban J connectivity index is 2.41. The molecule has 2 rings (SSSR count). The maximum absolute atomic E-state index is 11.6. The van der Waals surface area contributed by atoms with Gasteiger partial charge in [0.2, 0.25) is 0 Å². The third-order valence-corrected chi connectivity index (χ3v) is 5.54. The third-order valence-electron chi connectivity index (χ3n) is 4.00. The second-order valence-electron chi connectivity index (χ2n) is 5.38. The summed E-state index contributed by atoms with van der Waals surface area (Å²) in [4.78, 5) is 0. The Hall–Kier alpha value is -1.03. The summed E-state index contributed by atoms with van der Waals surface area (Å²) in [5.74, 6) is 1.10. The van der Waals surface area contributed by atoms with Crippen molar-refractivity contribution in [1.29, 1.82) is 0 Å². The van der Waals surface area contributed by atoms with E-state index < -0.39 is 15.1 Å². The van der Waals surface area contributed by atoms with Gasteiger partial charge in [-0.3, -0.25) is 0 Å². The molecule has 1 aliphatic carbocycles. The fourth-order valence-electron chi connectivity index (χ4n) is 2.36. The number of phenols is 1. The molecule has 3 nitrogen and oxygen atoms in total. The minimum atomic E-state index is -3.19. The zero-order valence-electron chi connectivity index (χ0n) is 11.1. The molecule has 1 saturated carbocycles. The molecule has 0 radical (unpaired) electrons. The molecule has 0 spiro atoms. The first-order chi connectivity index (χ1) is 8.32. The van der Waals surface area contributed by atoms with E-state index in [0.29, 0.717) is 17.4 Å².